The second-order valence-corrected chi connectivity index (χ2v) is 2.54. The van der Waals surface area contributed by atoms with E-state index in [0.29, 0.717) is 0 Å². The van der Waals surface area contributed by atoms with Crippen LogP contribution in [0.25, 0.3) is 0 Å². The van der Waals surface area contributed by atoms with Crippen molar-refractivity contribution in [3.63, 3.8) is 0 Å². The van der Waals surface area contributed by atoms with Crippen LogP contribution in [0.5, 0.6) is 0 Å². The van der Waals surface area contributed by atoms with Crippen molar-refractivity contribution in [3.05, 3.63) is 0 Å². The minimum atomic E-state index is 0. The summed E-state index contributed by atoms with van der Waals surface area (Å²) < 4.78 is 0. The Morgan fingerprint density at radius 2 is 1.50 bits per heavy atom. The van der Waals surface area contributed by atoms with E-state index in [-0.39, 0.29) is 21.7 Å². The maximum Gasteiger partial charge on any atom is 0 e. The Morgan fingerprint density at radius 1 is 1.00 bits per heavy atom. The molecular weight excluding hydrogens is 128 g/mol. The third-order valence-corrected chi connectivity index (χ3v) is 1.98. The summed E-state index contributed by atoms with van der Waals surface area (Å²) in [6.45, 7) is 0. The number of hydrogen-bond acceptors (Lipinski definition) is 1. The molecule has 0 aliphatic carbocycles. The quantitative estimate of drug-likeness (QED) is 0.455. The zero-order valence-electron chi connectivity index (χ0n) is 3.74. The Labute approximate surface area is 58.0 Å². The summed E-state index contributed by atoms with van der Waals surface area (Å²) in [5.74, 6) is 2.83. The molecule has 1 rings (SSSR count). The second kappa shape index (κ2) is 4.23. The molecule has 0 saturated carbocycles. The van der Waals surface area contributed by atoms with E-state index in [0.717, 1.165) is 0 Å². The van der Waals surface area contributed by atoms with Crippen LogP contribution in [0, 0.1) is 0 Å². The van der Waals surface area contributed by atoms with Crippen molar-refractivity contribution in [2.24, 2.45) is 0 Å². The second-order valence-electron chi connectivity index (χ2n) is 1.32. The van der Waals surface area contributed by atoms with Gasteiger partial charge in [0.05, 0.1) is 0 Å². The molecule has 0 nitrogen and oxygen atoms in total. The van der Waals surface area contributed by atoms with E-state index in [9.17, 15) is 0 Å². The molecule has 1 heterocycles. The zero-order valence-corrected chi connectivity index (χ0v) is 6.11. The van der Waals surface area contributed by atoms with Gasteiger partial charge in [0.2, 0.25) is 0 Å². The first kappa shape index (κ1) is 7.06. The third kappa shape index (κ3) is 2.27. The molecule has 6 heavy (non-hydrogen) atoms. The molecule has 0 aromatic heterocycles. The van der Waals surface area contributed by atoms with Gasteiger partial charge in [-0.15, -0.1) is 0 Å². The molecule has 0 radical (unpaired) electrons. The Bertz CT molecular complexity index is 19.1. The van der Waals surface area contributed by atoms with Gasteiger partial charge in [-0.3, -0.25) is 0 Å². The Hall–Kier alpha value is 1.06. The van der Waals surface area contributed by atoms with Gasteiger partial charge in [-0.25, -0.2) is 0 Å². The minimum Gasteiger partial charge on any atom is -0.162 e. The monoisotopic (exact) mass is 136 g/mol. The maximum atomic E-state index is 2.07. The molecule has 2 heteroatoms. The molecular formula is C4H8STi. The van der Waals surface area contributed by atoms with Crippen LogP contribution in [0.4, 0.5) is 0 Å². The fourth-order valence-electron chi connectivity index (χ4n) is 0.510. The van der Waals surface area contributed by atoms with Gasteiger partial charge in [0.25, 0.3) is 0 Å². The van der Waals surface area contributed by atoms with Crippen molar-refractivity contribution in [1.82, 2.24) is 0 Å². The van der Waals surface area contributed by atoms with Crippen molar-refractivity contribution >= 4 is 11.8 Å². The van der Waals surface area contributed by atoms with Gasteiger partial charge in [0.1, 0.15) is 0 Å². The normalized spacial score (nSPS) is 20.0. The van der Waals surface area contributed by atoms with E-state index in [1.165, 1.54) is 24.3 Å². The molecule has 1 aliphatic rings. The molecule has 0 aromatic carbocycles. The van der Waals surface area contributed by atoms with E-state index < -0.39 is 0 Å². The smallest absolute Gasteiger partial charge is 0 e. The average Bonchev–Trinajstić information content (AvgIpc) is 1.76. The Kier molecular flexibility index (Phi) is 4.98. The molecule has 0 N–H and O–H groups in total. The van der Waals surface area contributed by atoms with Gasteiger partial charge < -0.3 is 0 Å². The Balaban J connectivity index is 0.000000250. The van der Waals surface area contributed by atoms with Crippen molar-refractivity contribution in [1.29, 1.82) is 0 Å². The molecule has 0 spiro atoms. The first-order chi connectivity index (χ1) is 2.50. The third-order valence-electron chi connectivity index (χ3n) is 0.827. The van der Waals surface area contributed by atoms with Crippen LogP contribution in [-0.4, -0.2) is 11.5 Å². The van der Waals surface area contributed by atoms with Crippen LogP contribution in [0.2, 0.25) is 0 Å². The summed E-state index contributed by atoms with van der Waals surface area (Å²) in [6, 6.07) is 0. The molecule has 1 fully saturated rings. The molecule has 0 amide bonds. The number of thioether (sulfide) groups is 1. The van der Waals surface area contributed by atoms with Crippen molar-refractivity contribution in [2.45, 2.75) is 12.8 Å². The topological polar surface area (TPSA) is 0 Å². The van der Waals surface area contributed by atoms with Crippen LogP contribution in [-0.2, 0) is 21.7 Å². The fourth-order valence-corrected chi connectivity index (χ4v) is 1.53. The largest absolute Gasteiger partial charge is 0.162 e. The minimum absolute atomic E-state index is 0. The van der Waals surface area contributed by atoms with Crippen LogP contribution < -0.4 is 0 Å². The van der Waals surface area contributed by atoms with Gasteiger partial charge >= 0.3 is 0 Å². The summed E-state index contributed by atoms with van der Waals surface area (Å²) >= 11 is 2.07. The molecule has 0 unspecified atom stereocenters. The van der Waals surface area contributed by atoms with E-state index >= 15 is 0 Å². The zero-order chi connectivity index (χ0) is 3.54. The average molecular weight is 136 g/mol. The van der Waals surface area contributed by atoms with Gasteiger partial charge in [0, 0.05) is 21.7 Å². The summed E-state index contributed by atoms with van der Waals surface area (Å²) in [7, 11) is 0. The van der Waals surface area contributed by atoms with E-state index in [2.05, 4.69) is 11.8 Å². The fraction of sp³-hybridized carbons (Fsp3) is 1.00. The predicted molar refractivity (Wildman–Crippen MR) is 26.6 cm³/mol. The van der Waals surface area contributed by atoms with E-state index in [1.54, 1.807) is 0 Å². The molecule has 1 saturated heterocycles. The number of hydrogen-bond donors (Lipinski definition) is 0. The molecule has 34 valence electrons. The predicted octanol–water partition coefficient (Wildman–Crippen LogP) is 1.51. The Morgan fingerprint density at radius 3 is 1.67 bits per heavy atom. The van der Waals surface area contributed by atoms with Crippen molar-refractivity contribution in [2.75, 3.05) is 11.5 Å². The summed E-state index contributed by atoms with van der Waals surface area (Å²) in [4.78, 5) is 0. The summed E-state index contributed by atoms with van der Waals surface area (Å²) in [6.07, 6.45) is 2.93. The van der Waals surface area contributed by atoms with Crippen LogP contribution in [0.15, 0.2) is 0 Å². The SMILES string of the molecule is C1CCSC1.[Ti]. The van der Waals surface area contributed by atoms with Gasteiger partial charge in [-0.05, 0) is 24.3 Å². The van der Waals surface area contributed by atoms with Crippen LogP contribution in [0.1, 0.15) is 12.8 Å². The van der Waals surface area contributed by atoms with E-state index in [4.69, 9.17) is 0 Å². The van der Waals surface area contributed by atoms with Crippen molar-refractivity contribution in [3.8, 4) is 0 Å². The first-order valence-corrected chi connectivity index (χ1v) is 3.23. The molecule has 0 bridgehead atoms. The molecule has 0 aromatic rings. The first-order valence-electron chi connectivity index (χ1n) is 2.08. The van der Waals surface area contributed by atoms with Gasteiger partial charge in [-0.2, -0.15) is 11.8 Å². The van der Waals surface area contributed by atoms with Crippen LogP contribution in [0.3, 0.4) is 0 Å². The molecule has 0 atom stereocenters. The van der Waals surface area contributed by atoms with E-state index in [1.807, 2.05) is 0 Å². The summed E-state index contributed by atoms with van der Waals surface area (Å²) in [5.41, 5.74) is 0. The maximum absolute atomic E-state index is 2.07. The number of rotatable bonds is 0. The van der Waals surface area contributed by atoms with Gasteiger partial charge in [0.15, 0.2) is 0 Å². The molecule has 1 aliphatic heterocycles. The van der Waals surface area contributed by atoms with Crippen molar-refractivity contribution < 1.29 is 21.7 Å². The van der Waals surface area contributed by atoms with Gasteiger partial charge in [-0.1, -0.05) is 0 Å². The standard InChI is InChI=1S/C4H8S.Ti/c1-2-4-5-3-1;/h1-4H2;. The van der Waals surface area contributed by atoms with Crippen LogP contribution >= 0.6 is 11.8 Å². The summed E-state index contributed by atoms with van der Waals surface area (Å²) in [5, 5.41) is 0.